The Bertz CT molecular complexity index is 1190. The molecule has 1 saturated heterocycles. The SMILES string of the molecule is Cn1ncc(-c2ccc3c(c2)CN(C2CCC(=O)NC2=O)C3=O)c1-c1cncnc1. The van der Waals surface area contributed by atoms with Crippen LogP contribution in [0, 0.1) is 0 Å². The molecule has 30 heavy (non-hydrogen) atoms. The molecule has 150 valence electrons. The predicted octanol–water partition coefficient (Wildman–Crippen LogP) is 1.31. The summed E-state index contributed by atoms with van der Waals surface area (Å²) >= 11 is 0. The van der Waals surface area contributed by atoms with Gasteiger partial charge in [0.2, 0.25) is 11.8 Å². The lowest BCUT2D eigenvalue weighted by Crippen LogP contribution is -2.52. The molecule has 0 saturated carbocycles. The lowest BCUT2D eigenvalue weighted by molar-refractivity contribution is -0.136. The predicted molar refractivity (Wildman–Crippen MR) is 106 cm³/mol. The van der Waals surface area contributed by atoms with Crippen molar-refractivity contribution in [3.63, 3.8) is 0 Å². The fraction of sp³-hybridized carbons (Fsp3) is 0.238. The fourth-order valence-electron chi connectivity index (χ4n) is 4.15. The van der Waals surface area contributed by atoms with Crippen LogP contribution in [0.2, 0.25) is 0 Å². The lowest BCUT2D eigenvalue weighted by atomic mass is 9.99. The number of nitrogens with one attached hydrogen (secondary N) is 1. The maximum absolute atomic E-state index is 12.9. The third-order valence-electron chi connectivity index (χ3n) is 5.61. The Labute approximate surface area is 171 Å². The summed E-state index contributed by atoms with van der Waals surface area (Å²) in [5, 5.41) is 6.71. The maximum Gasteiger partial charge on any atom is 0.255 e. The van der Waals surface area contributed by atoms with Crippen LogP contribution in [0.1, 0.15) is 28.8 Å². The molecule has 1 unspecified atom stereocenters. The number of hydrogen-bond acceptors (Lipinski definition) is 6. The summed E-state index contributed by atoms with van der Waals surface area (Å²) in [4.78, 5) is 46.3. The lowest BCUT2D eigenvalue weighted by Gasteiger charge is -2.29. The smallest absolute Gasteiger partial charge is 0.255 e. The standard InChI is InChI=1S/C21H18N6O3/c1-26-19(14-7-22-11-23-8-14)16(9-24-26)12-2-3-15-13(6-12)10-27(21(15)30)17-4-5-18(28)25-20(17)29/h2-3,6-9,11,17H,4-5,10H2,1H3,(H,25,28,29). The normalized spacial score (nSPS) is 18.5. The highest BCUT2D eigenvalue weighted by Gasteiger charge is 2.39. The zero-order chi connectivity index (χ0) is 20.8. The summed E-state index contributed by atoms with van der Waals surface area (Å²) in [6.07, 6.45) is 7.30. The highest BCUT2D eigenvalue weighted by Crippen LogP contribution is 2.35. The monoisotopic (exact) mass is 402 g/mol. The minimum absolute atomic E-state index is 0.186. The Morgan fingerprint density at radius 1 is 1.03 bits per heavy atom. The molecule has 2 aromatic heterocycles. The van der Waals surface area contributed by atoms with Crippen LogP contribution in [-0.2, 0) is 23.2 Å². The number of fused-ring (bicyclic) bond motifs is 1. The molecule has 1 N–H and O–H groups in total. The molecule has 3 aromatic rings. The van der Waals surface area contributed by atoms with Gasteiger partial charge in [0, 0.05) is 49.1 Å². The minimum Gasteiger partial charge on any atom is -0.322 e. The first-order valence-electron chi connectivity index (χ1n) is 9.58. The summed E-state index contributed by atoms with van der Waals surface area (Å²) in [7, 11) is 1.85. The van der Waals surface area contributed by atoms with Crippen molar-refractivity contribution in [2.75, 3.05) is 0 Å². The van der Waals surface area contributed by atoms with Gasteiger partial charge in [0.15, 0.2) is 0 Å². The number of piperidine rings is 1. The van der Waals surface area contributed by atoms with Crippen LogP contribution in [0.15, 0.2) is 43.1 Å². The number of carbonyl (C=O) groups excluding carboxylic acids is 3. The van der Waals surface area contributed by atoms with Gasteiger partial charge >= 0.3 is 0 Å². The van der Waals surface area contributed by atoms with Gasteiger partial charge < -0.3 is 4.90 Å². The highest BCUT2D eigenvalue weighted by molar-refractivity contribution is 6.05. The number of amides is 3. The van der Waals surface area contributed by atoms with Gasteiger partial charge in [0.25, 0.3) is 5.91 Å². The highest BCUT2D eigenvalue weighted by atomic mass is 16.2. The molecular formula is C21H18N6O3. The Balaban J connectivity index is 1.49. The molecule has 9 heteroatoms. The van der Waals surface area contributed by atoms with Crippen molar-refractivity contribution in [2.45, 2.75) is 25.4 Å². The van der Waals surface area contributed by atoms with E-state index in [1.807, 2.05) is 19.2 Å². The van der Waals surface area contributed by atoms with E-state index in [-0.39, 0.29) is 18.2 Å². The molecule has 0 aliphatic carbocycles. The second-order valence-electron chi connectivity index (χ2n) is 7.43. The first kappa shape index (κ1) is 18.2. The van der Waals surface area contributed by atoms with Crippen molar-refractivity contribution in [1.82, 2.24) is 30.0 Å². The molecule has 1 atom stereocenters. The van der Waals surface area contributed by atoms with Crippen LogP contribution in [-0.4, -0.2) is 48.4 Å². The molecule has 1 fully saturated rings. The maximum atomic E-state index is 12.9. The number of imide groups is 1. The van der Waals surface area contributed by atoms with Gasteiger partial charge in [-0.1, -0.05) is 6.07 Å². The summed E-state index contributed by atoms with van der Waals surface area (Å²) in [5.41, 5.74) is 4.97. The molecule has 0 radical (unpaired) electrons. The summed E-state index contributed by atoms with van der Waals surface area (Å²) in [6, 6.07) is 5.01. The topological polar surface area (TPSA) is 110 Å². The molecule has 0 bridgehead atoms. The van der Waals surface area contributed by atoms with E-state index in [0.717, 1.165) is 27.9 Å². The van der Waals surface area contributed by atoms with Crippen LogP contribution in [0.5, 0.6) is 0 Å². The molecule has 4 heterocycles. The zero-order valence-corrected chi connectivity index (χ0v) is 16.2. The summed E-state index contributed by atoms with van der Waals surface area (Å²) in [6.45, 7) is 0.332. The zero-order valence-electron chi connectivity index (χ0n) is 16.2. The quantitative estimate of drug-likeness (QED) is 0.662. The van der Waals surface area contributed by atoms with Gasteiger partial charge in [-0.3, -0.25) is 24.4 Å². The van der Waals surface area contributed by atoms with Gasteiger partial charge in [-0.25, -0.2) is 9.97 Å². The van der Waals surface area contributed by atoms with E-state index in [1.54, 1.807) is 34.2 Å². The molecular weight excluding hydrogens is 384 g/mol. The number of carbonyl (C=O) groups is 3. The fourth-order valence-corrected chi connectivity index (χ4v) is 4.15. The molecule has 3 amide bonds. The minimum atomic E-state index is -0.624. The largest absolute Gasteiger partial charge is 0.322 e. The third kappa shape index (κ3) is 2.86. The Hall–Kier alpha value is -3.88. The summed E-state index contributed by atoms with van der Waals surface area (Å²) in [5.74, 6) is -0.892. The second-order valence-corrected chi connectivity index (χ2v) is 7.43. The molecule has 9 nitrogen and oxygen atoms in total. The van der Waals surface area contributed by atoms with Gasteiger partial charge in [0.1, 0.15) is 12.4 Å². The molecule has 1 aromatic carbocycles. The summed E-state index contributed by atoms with van der Waals surface area (Å²) < 4.78 is 1.77. The number of aryl methyl sites for hydroxylation is 1. The number of hydrogen-bond donors (Lipinski definition) is 1. The van der Waals surface area contributed by atoms with Crippen molar-refractivity contribution in [2.24, 2.45) is 7.05 Å². The Morgan fingerprint density at radius 3 is 2.60 bits per heavy atom. The Kier molecular flexibility index (Phi) is 4.16. The first-order chi connectivity index (χ1) is 14.5. The van der Waals surface area contributed by atoms with Crippen molar-refractivity contribution >= 4 is 17.7 Å². The van der Waals surface area contributed by atoms with Gasteiger partial charge in [-0.15, -0.1) is 0 Å². The van der Waals surface area contributed by atoms with E-state index in [1.165, 1.54) is 6.33 Å². The van der Waals surface area contributed by atoms with E-state index in [2.05, 4.69) is 20.4 Å². The molecule has 5 rings (SSSR count). The molecule has 0 spiro atoms. The third-order valence-corrected chi connectivity index (χ3v) is 5.61. The van der Waals surface area contributed by atoms with Crippen LogP contribution in [0.25, 0.3) is 22.4 Å². The van der Waals surface area contributed by atoms with Crippen LogP contribution in [0.4, 0.5) is 0 Å². The van der Waals surface area contributed by atoms with E-state index in [0.29, 0.717) is 18.5 Å². The number of benzene rings is 1. The molecule has 2 aliphatic heterocycles. The average Bonchev–Trinajstić information content (AvgIpc) is 3.28. The van der Waals surface area contributed by atoms with Crippen molar-refractivity contribution in [3.05, 3.63) is 54.2 Å². The van der Waals surface area contributed by atoms with Crippen LogP contribution < -0.4 is 5.32 Å². The van der Waals surface area contributed by atoms with E-state index in [9.17, 15) is 14.4 Å². The van der Waals surface area contributed by atoms with E-state index < -0.39 is 11.9 Å². The molecule has 2 aliphatic rings. The second kappa shape index (κ2) is 6.87. The first-order valence-corrected chi connectivity index (χ1v) is 9.58. The van der Waals surface area contributed by atoms with E-state index >= 15 is 0 Å². The number of nitrogens with zero attached hydrogens (tertiary/aromatic N) is 5. The van der Waals surface area contributed by atoms with E-state index in [4.69, 9.17) is 0 Å². The van der Waals surface area contributed by atoms with Crippen LogP contribution >= 0.6 is 0 Å². The van der Waals surface area contributed by atoms with Crippen molar-refractivity contribution in [1.29, 1.82) is 0 Å². The number of rotatable bonds is 3. The van der Waals surface area contributed by atoms with Gasteiger partial charge in [-0.2, -0.15) is 5.10 Å². The number of aromatic nitrogens is 4. The van der Waals surface area contributed by atoms with Crippen molar-refractivity contribution in [3.8, 4) is 22.4 Å². The van der Waals surface area contributed by atoms with Crippen LogP contribution in [0.3, 0.4) is 0 Å². The average molecular weight is 402 g/mol. The van der Waals surface area contributed by atoms with Crippen molar-refractivity contribution < 1.29 is 14.4 Å². The Morgan fingerprint density at radius 2 is 1.83 bits per heavy atom. The van der Waals surface area contributed by atoms with Gasteiger partial charge in [0.05, 0.1) is 11.9 Å². The van der Waals surface area contributed by atoms with Gasteiger partial charge in [-0.05, 0) is 29.7 Å².